The molecule has 4 rings (SSSR count). The lowest BCUT2D eigenvalue weighted by Crippen LogP contribution is -2.29. The summed E-state index contributed by atoms with van der Waals surface area (Å²) in [5.74, 6) is -1.92. The maximum Gasteiger partial charge on any atom is 0.300 e. The SMILES string of the molecule is COc1ccc(/C(O)=C2/C(=O)C(=O)N(c3ccc(Cl)c(Cl)c3)C2c2ccc(F)cc2)cc1C(C)(C)C. The van der Waals surface area contributed by atoms with Crippen molar-refractivity contribution < 1.29 is 23.8 Å². The lowest BCUT2D eigenvalue weighted by molar-refractivity contribution is -0.132. The molecule has 0 saturated carbocycles. The molecule has 3 aromatic rings. The van der Waals surface area contributed by atoms with Crippen LogP contribution in [0.1, 0.15) is 43.5 Å². The van der Waals surface area contributed by atoms with Crippen LogP contribution in [-0.4, -0.2) is 23.9 Å². The van der Waals surface area contributed by atoms with E-state index in [9.17, 15) is 19.1 Å². The number of methoxy groups -OCH3 is 1. The van der Waals surface area contributed by atoms with Crippen molar-refractivity contribution in [1.29, 1.82) is 0 Å². The smallest absolute Gasteiger partial charge is 0.300 e. The van der Waals surface area contributed by atoms with Crippen molar-refractivity contribution in [1.82, 2.24) is 0 Å². The maximum absolute atomic E-state index is 13.7. The van der Waals surface area contributed by atoms with Crippen LogP contribution in [0, 0.1) is 5.82 Å². The number of benzene rings is 3. The summed E-state index contributed by atoms with van der Waals surface area (Å²) in [6.45, 7) is 5.99. The number of anilines is 1. The van der Waals surface area contributed by atoms with E-state index in [0.717, 1.165) is 5.56 Å². The van der Waals surface area contributed by atoms with Crippen LogP contribution in [-0.2, 0) is 15.0 Å². The third kappa shape index (κ3) is 4.59. The normalized spacial score (nSPS) is 17.5. The highest BCUT2D eigenvalue weighted by Crippen LogP contribution is 2.44. The van der Waals surface area contributed by atoms with Crippen molar-refractivity contribution in [3.8, 4) is 5.75 Å². The fourth-order valence-electron chi connectivity index (χ4n) is 4.29. The van der Waals surface area contributed by atoms with Gasteiger partial charge in [-0.3, -0.25) is 14.5 Å². The molecule has 8 heteroatoms. The van der Waals surface area contributed by atoms with E-state index < -0.39 is 23.5 Å². The summed E-state index contributed by atoms with van der Waals surface area (Å²) in [4.78, 5) is 27.9. The van der Waals surface area contributed by atoms with Crippen molar-refractivity contribution >= 4 is 46.3 Å². The van der Waals surface area contributed by atoms with E-state index in [4.69, 9.17) is 27.9 Å². The first-order valence-electron chi connectivity index (χ1n) is 11.1. The Morgan fingerprint density at radius 3 is 2.22 bits per heavy atom. The predicted molar refractivity (Wildman–Crippen MR) is 139 cm³/mol. The zero-order chi connectivity index (χ0) is 26.4. The van der Waals surface area contributed by atoms with Crippen LogP contribution in [0.3, 0.4) is 0 Å². The Morgan fingerprint density at radius 1 is 0.972 bits per heavy atom. The van der Waals surface area contributed by atoms with Crippen LogP contribution in [0.2, 0.25) is 10.0 Å². The second kappa shape index (κ2) is 9.60. The minimum absolute atomic E-state index is 0.122. The molecule has 1 fully saturated rings. The number of carbonyl (C=O) groups is 2. The first-order chi connectivity index (χ1) is 16.9. The molecule has 1 heterocycles. The largest absolute Gasteiger partial charge is 0.507 e. The van der Waals surface area contributed by atoms with Crippen molar-refractivity contribution in [2.45, 2.75) is 32.2 Å². The Hall–Kier alpha value is -3.35. The van der Waals surface area contributed by atoms with Gasteiger partial charge in [0.05, 0.1) is 28.8 Å². The number of aliphatic hydroxyl groups is 1. The van der Waals surface area contributed by atoms with Crippen molar-refractivity contribution in [3.05, 3.63) is 98.8 Å². The minimum atomic E-state index is -1.02. The Kier molecular flexibility index (Phi) is 6.86. The standard InChI is InChI=1S/C28H24Cl2FNO4/c1-28(2,3)19-13-16(7-12-22(19)36-4)25(33)23-24(15-5-8-17(31)9-6-15)32(27(35)26(23)34)18-10-11-20(29)21(30)14-18/h5-14,24,33H,1-4H3/b25-23-. The van der Waals surface area contributed by atoms with Crippen LogP contribution in [0.4, 0.5) is 10.1 Å². The van der Waals surface area contributed by atoms with Crippen LogP contribution < -0.4 is 9.64 Å². The number of aliphatic hydroxyl groups excluding tert-OH is 1. The highest BCUT2D eigenvalue weighted by atomic mass is 35.5. The molecule has 1 saturated heterocycles. The van der Waals surface area contributed by atoms with Gasteiger partial charge in [-0.05, 0) is 59.5 Å². The molecule has 1 aliphatic heterocycles. The molecule has 1 unspecified atom stereocenters. The van der Waals surface area contributed by atoms with Gasteiger partial charge in [0.1, 0.15) is 17.3 Å². The van der Waals surface area contributed by atoms with Crippen LogP contribution in [0.15, 0.2) is 66.2 Å². The van der Waals surface area contributed by atoms with Gasteiger partial charge in [0, 0.05) is 16.8 Å². The number of ketones is 1. The Balaban J connectivity index is 1.96. The summed E-state index contributed by atoms with van der Waals surface area (Å²) in [7, 11) is 1.56. The van der Waals surface area contributed by atoms with Gasteiger partial charge in [0.25, 0.3) is 11.7 Å². The first-order valence-corrected chi connectivity index (χ1v) is 11.9. The second-order valence-corrected chi connectivity index (χ2v) is 10.3. The minimum Gasteiger partial charge on any atom is -0.507 e. The van der Waals surface area contributed by atoms with Gasteiger partial charge in [-0.15, -0.1) is 0 Å². The second-order valence-electron chi connectivity index (χ2n) is 9.48. The van der Waals surface area contributed by atoms with Gasteiger partial charge in [0.2, 0.25) is 0 Å². The third-order valence-electron chi connectivity index (χ3n) is 6.09. The van der Waals surface area contributed by atoms with E-state index in [1.807, 2.05) is 20.8 Å². The summed E-state index contributed by atoms with van der Waals surface area (Å²) in [6.07, 6.45) is 0. The summed E-state index contributed by atoms with van der Waals surface area (Å²) < 4.78 is 19.2. The molecule has 36 heavy (non-hydrogen) atoms. The lowest BCUT2D eigenvalue weighted by atomic mass is 9.84. The Bertz CT molecular complexity index is 1390. The monoisotopic (exact) mass is 527 g/mol. The van der Waals surface area contributed by atoms with E-state index >= 15 is 0 Å². The molecule has 3 aromatic carbocycles. The van der Waals surface area contributed by atoms with Gasteiger partial charge in [0.15, 0.2) is 0 Å². The molecule has 0 aromatic heterocycles. The van der Waals surface area contributed by atoms with Gasteiger partial charge >= 0.3 is 0 Å². The quantitative estimate of drug-likeness (QED) is 0.224. The number of ether oxygens (including phenoxy) is 1. The van der Waals surface area contributed by atoms with E-state index in [2.05, 4.69) is 0 Å². The Morgan fingerprint density at radius 2 is 1.64 bits per heavy atom. The molecular formula is C28H24Cl2FNO4. The molecule has 5 nitrogen and oxygen atoms in total. The summed E-state index contributed by atoms with van der Waals surface area (Å²) in [6, 6.07) is 14.0. The number of hydrogen-bond donors (Lipinski definition) is 1. The number of Topliss-reactive ketones (excluding diaryl/α,β-unsaturated/α-hetero) is 1. The topological polar surface area (TPSA) is 66.8 Å². The molecule has 1 amide bonds. The molecule has 1 N–H and O–H groups in total. The third-order valence-corrected chi connectivity index (χ3v) is 6.83. The number of hydrogen-bond acceptors (Lipinski definition) is 4. The highest BCUT2D eigenvalue weighted by Gasteiger charge is 2.47. The molecule has 1 atom stereocenters. The van der Waals surface area contributed by atoms with Crippen LogP contribution in [0.5, 0.6) is 5.75 Å². The van der Waals surface area contributed by atoms with Gasteiger partial charge < -0.3 is 9.84 Å². The number of nitrogens with zero attached hydrogens (tertiary/aromatic N) is 1. The van der Waals surface area contributed by atoms with Crippen LogP contribution >= 0.6 is 23.2 Å². The van der Waals surface area contributed by atoms with Gasteiger partial charge in [-0.2, -0.15) is 0 Å². The maximum atomic E-state index is 13.7. The average molecular weight is 528 g/mol. The molecular weight excluding hydrogens is 504 g/mol. The van der Waals surface area contributed by atoms with Crippen molar-refractivity contribution in [2.24, 2.45) is 0 Å². The molecule has 186 valence electrons. The first kappa shape index (κ1) is 25.7. The zero-order valence-corrected chi connectivity index (χ0v) is 21.6. The van der Waals surface area contributed by atoms with Crippen molar-refractivity contribution in [3.63, 3.8) is 0 Å². The number of halogens is 3. The number of amides is 1. The zero-order valence-electron chi connectivity index (χ0n) is 20.1. The van der Waals surface area contributed by atoms with E-state index in [1.54, 1.807) is 31.4 Å². The number of rotatable bonds is 4. The lowest BCUT2D eigenvalue weighted by Gasteiger charge is -2.26. The summed E-state index contributed by atoms with van der Waals surface area (Å²) in [5.41, 5.74) is 1.45. The van der Waals surface area contributed by atoms with E-state index in [0.29, 0.717) is 22.6 Å². The van der Waals surface area contributed by atoms with Crippen molar-refractivity contribution in [2.75, 3.05) is 12.0 Å². The molecule has 0 bridgehead atoms. The number of carbonyl (C=O) groups excluding carboxylic acids is 2. The average Bonchev–Trinajstić information content (AvgIpc) is 3.10. The van der Waals surface area contributed by atoms with Gasteiger partial charge in [-0.25, -0.2) is 4.39 Å². The fraction of sp³-hybridized carbons (Fsp3) is 0.214. The summed E-state index contributed by atoms with van der Waals surface area (Å²) >= 11 is 12.3. The molecule has 0 aliphatic carbocycles. The molecule has 0 spiro atoms. The van der Waals surface area contributed by atoms with E-state index in [-0.39, 0.29) is 26.8 Å². The summed E-state index contributed by atoms with van der Waals surface area (Å²) in [5, 5.41) is 11.9. The van der Waals surface area contributed by atoms with Crippen LogP contribution in [0.25, 0.3) is 5.76 Å². The Labute approximate surface area is 218 Å². The molecule has 0 radical (unpaired) electrons. The highest BCUT2D eigenvalue weighted by molar-refractivity contribution is 6.52. The predicted octanol–water partition coefficient (Wildman–Crippen LogP) is 7.06. The molecule has 1 aliphatic rings. The van der Waals surface area contributed by atoms with E-state index in [1.165, 1.54) is 41.3 Å². The van der Waals surface area contributed by atoms with Gasteiger partial charge in [-0.1, -0.05) is 56.1 Å². The fourth-order valence-corrected chi connectivity index (χ4v) is 4.58.